The molecule has 0 bridgehead atoms. The molecule has 3 aliphatic rings. The first kappa shape index (κ1) is 22.6. The number of nitrogens with one attached hydrogen (secondary N) is 2. The fourth-order valence-corrected chi connectivity index (χ4v) is 5.05. The highest BCUT2D eigenvalue weighted by Gasteiger charge is 2.23. The molecule has 2 N–H and O–H groups in total. The van der Waals surface area contributed by atoms with Gasteiger partial charge in [-0.05, 0) is 63.0 Å². The molecule has 170 valence electrons. The largest absolute Gasteiger partial charge is 0.336 e. The molecule has 0 aliphatic carbocycles. The van der Waals surface area contributed by atoms with Gasteiger partial charge in [-0.25, -0.2) is 0 Å². The zero-order valence-corrected chi connectivity index (χ0v) is 19.2. The van der Waals surface area contributed by atoms with Crippen LogP contribution in [-0.2, 0) is 0 Å². The van der Waals surface area contributed by atoms with E-state index in [4.69, 9.17) is 11.6 Å². The van der Waals surface area contributed by atoms with E-state index in [-0.39, 0.29) is 5.91 Å². The molecule has 1 aromatic carbocycles. The Morgan fingerprint density at radius 3 is 2.61 bits per heavy atom. The number of anilines is 1. The van der Waals surface area contributed by atoms with Crippen molar-refractivity contribution in [2.24, 2.45) is 5.92 Å². The lowest BCUT2D eigenvalue weighted by atomic mass is 9.92. The van der Waals surface area contributed by atoms with Crippen molar-refractivity contribution in [3.05, 3.63) is 41.1 Å². The van der Waals surface area contributed by atoms with Gasteiger partial charge in [-0.3, -0.25) is 15.0 Å². The third kappa shape index (κ3) is 6.22. The van der Waals surface area contributed by atoms with Crippen LogP contribution in [0.25, 0.3) is 0 Å². The maximum Gasteiger partial charge on any atom is 0.254 e. The molecule has 0 unspecified atom stereocenters. The number of halogens is 1. The van der Waals surface area contributed by atoms with Crippen LogP contribution in [0.3, 0.4) is 0 Å². The number of nitrogens with zero attached hydrogens (tertiary/aromatic N) is 3. The van der Waals surface area contributed by atoms with Gasteiger partial charge >= 0.3 is 0 Å². The van der Waals surface area contributed by atoms with Crippen molar-refractivity contribution in [2.75, 3.05) is 63.9 Å². The van der Waals surface area contributed by atoms with E-state index in [1.54, 1.807) is 0 Å². The smallest absolute Gasteiger partial charge is 0.254 e. The Morgan fingerprint density at radius 1 is 1.06 bits per heavy atom. The highest BCUT2D eigenvalue weighted by molar-refractivity contribution is 6.33. The number of benzene rings is 1. The first-order valence-corrected chi connectivity index (χ1v) is 12.2. The van der Waals surface area contributed by atoms with Gasteiger partial charge in [0.1, 0.15) is 0 Å². The number of hydrogen-bond donors (Lipinski definition) is 2. The van der Waals surface area contributed by atoms with Crippen molar-refractivity contribution >= 4 is 23.2 Å². The monoisotopic (exact) mass is 445 g/mol. The number of amides is 1. The van der Waals surface area contributed by atoms with Crippen LogP contribution in [0, 0.1) is 5.92 Å². The number of hydrogen-bond acceptors (Lipinski definition) is 5. The summed E-state index contributed by atoms with van der Waals surface area (Å²) in [6, 6.07) is 5.61. The predicted octanol–water partition coefficient (Wildman–Crippen LogP) is 3.15. The topological polar surface area (TPSA) is 50.9 Å². The Kier molecular flexibility index (Phi) is 8.25. The zero-order chi connectivity index (χ0) is 21.5. The van der Waals surface area contributed by atoms with Crippen molar-refractivity contribution in [1.82, 2.24) is 20.4 Å². The van der Waals surface area contributed by atoms with Crippen molar-refractivity contribution in [3.63, 3.8) is 0 Å². The summed E-state index contributed by atoms with van der Waals surface area (Å²) in [7, 11) is 0. The van der Waals surface area contributed by atoms with Gasteiger partial charge in [-0.2, -0.15) is 0 Å². The van der Waals surface area contributed by atoms with Crippen LogP contribution >= 0.6 is 11.6 Å². The summed E-state index contributed by atoms with van der Waals surface area (Å²) in [5.41, 5.74) is 1.59. The lowest BCUT2D eigenvalue weighted by molar-refractivity contribution is 0.0634. The SMILES string of the molecule is O=C(c1ccc(Cl)c(N2C=CCNC2)c1)N1CCN(CCCCC2CCNCC2)CC1. The molecule has 1 amide bonds. The third-order valence-corrected chi connectivity index (χ3v) is 7.11. The van der Waals surface area contributed by atoms with E-state index in [9.17, 15) is 4.79 Å². The van der Waals surface area contributed by atoms with E-state index in [1.807, 2.05) is 34.2 Å². The summed E-state index contributed by atoms with van der Waals surface area (Å²) in [5.74, 6) is 1.04. The average molecular weight is 446 g/mol. The molecule has 0 radical (unpaired) electrons. The average Bonchev–Trinajstić information content (AvgIpc) is 2.83. The lowest BCUT2D eigenvalue weighted by Crippen LogP contribution is -2.48. The normalized spacial score (nSPS) is 20.9. The maximum atomic E-state index is 13.1. The van der Waals surface area contributed by atoms with Gasteiger partial charge in [0.25, 0.3) is 5.91 Å². The van der Waals surface area contributed by atoms with E-state index in [0.717, 1.165) is 50.9 Å². The summed E-state index contributed by atoms with van der Waals surface area (Å²) in [4.78, 5) is 19.6. The van der Waals surface area contributed by atoms with E-state index in [1.165, 1.54) is 45.2 Å². The summed E-state index contributed by atoms with van der Waals surface area (Å²) in [5, 5.41) is 7.41. The summed E-state index contributed by atoms with van der Waals surface area (Å²) < 4.78 is 0. The highest BCUT2D eigenvalue weighted by atomic mass is 35.5. The molecule has 0 spiro atoms. The lowest BCUT2D eigenvalue weighted by Gasteiger charge is -2.35. The molecular weight excluding hydrogens is 410 g/mol. The Morgan fingerprint density at radius 2 is 1.87 bits per heavy atom. The number of piperazine rings is 1. The quantitative estimate of drug-likeness (QED) is 0.631. The van der Waals surface area contributed by atoms with Crippen molar-refractivity contribution < 1.29 is 4.79 Å². The van der Waals surface area contributed by atoms with E-state index in [2.05, 4.69) is 21.6 Å². The fourth-order valence-electron chi connectivity index (χ4n) is 4.83. The minimum absolute atomic E-state index is 0.109. The molecule has 4 rings (SSSR count). The molecule has 3 heterocycles. The molecule has 1 aromatic rings. The molecular formula is C24H36ClN5O. The van der Waals surface area contributed by atoms with Crippen molar-refractivity contribution in [2.45, 2.75) is 32.1 Å². The molecule has 0 aromatic heterocycles. The van der Waals surface area contributed by atoms with Crippen molar-refractivity contribution in [1.29, 1.82) is 0 Å². The van der Waals surface area contributed by atoms with Gasteiger partial charge < -0.3 is 15.1 Å². The Labute approximate surface area is 191 Å². The van der Waals surface area contributed by atoms with Crippen LogP contribution in [0.5, 0.6) is 0 Å². The Hall–Kier alpha value is -1.60. The second kappa shape index (κ2) is 11.3. The summed E-state index contributed by atoms with van der Waals surface area (Å²) in [6.07, 6.45) is 10.7. The van der Waals surface area contributed by atoms with Gasteiger partial charge in [0, 0.05) is 44.5 Å². The minimum atomic E-state index is 0.109. The second-order valence-electron chi connectivity index (χ2n) is 8.96. The van der Waals surface area contributed by atoms with E-state index >= 15 is 0 Å². The zero-order valence-electron chi connectivity index (χ0n) is 18.5. The van der Waals surface area contributed by atoms with Crippen LogP contribution < -0.4 is 15.5 Å². The predicted molar refractivity (Wildman–Crippen MR) is 128 cm³/mol. The van der Waals surface area contributed by atoms with E-state index < -0.39 is 0 Å². The second-order valence-corrected chi connectivity index (χ2v) is 9.36. The first-order valence-electron chi connectivity index (χ1n) is 11.9. The van der Waals surface area contributed by atoms with Gasteiger partial charge in [0.05, 0.1) is 17.4 Å². The third-order valence-electron chi connectivity index (χ3n) is 6.79. The van der Waals surface area contributed by atoms with Crippen molar-refractivity contribution in [3.8, 4) is 0 Å². The van der Waals surface area contributed by atoms with E-state index in [0.29, 0.717) is 17.3 Å². The van der Waals surface area contributed by atoms with Crippen LogP contribution in [0.4, 0.5) is 5.69 Å². The van der Waals surface area contributed by atoms with Crippen LogP contribution in [0.2, 0.25) is 5.02 Å². The van der Waals surface area contributed by atoms with Crippen LogP contribution in [0.1, 0.15) is 42.5 Å². The highest BCUT2D eigenvalue weighted by Crippen LogP contribution is 2.28. The van der Waals surface area contributed by atoms with Gasteiger partial charge in [-0.1, -0.05) is 30.5 Å². The standard InChI is InChI=1S/C24H36ClN5O/c25-22-6-5-21(18-23(22)30-13-3-9-27-19-30)24(31)29-16-14-28(15-17-29)12-2-1-4-20-7-10-26-11-8-20/h3,5-6,13,18,20,26-27H,1-2,4,7-12,14-17,19H2. The number of rotatable bonds is 7. The molecule has 2 saturated heterocycles. The molecule has 7 heteroatoms. The van der Waals surface area contributed by atoms with Crippen LogP contribution in [-0.4, -0.2) is 74.7 Å². The molecule has 0 saturated carbocycles. The molecule has 2 fully saturated rings. The summed E-state index contributed by atoms with van der Waals surface area (Å²) >= 11 is 6.41. The molecule has 3 aliphatic heterocycles. The van der Waals surface area contributed by atoms with Gasteiger partial charge in [-0.15, -0.1) is 0 Å². The Bertz CT molecular complexity index is 756. The number of carbonyl (C=O) groups excluding carboxylic acids is 1. The molecule has 6 nitrogen and oxygen atoms in total. The Balaban J connectivity index is 1.23. The van der Waals surface area contributed by atoms with Gasteiger partial charge in [0.15, 0.2) is 0 Å². The van der Waals surface area contributed by atoms with Gasteiger partial charge in [0.2, 0.25) is 0 Å². The number of unbranched alkanes of at least 4 members (excludes halogenated alkanes) is 1. The maximum absolute atomic E-state index is 13.1. The summed E-state index contributed by atoms with van der Waals surface area (Å²) in [6.45, 7) is 8.65. The molecule has 31 heavy (non-hydrogen) atoms. The minimum Gasteiger partial charge on any atom is -0.336 e. The molecule has 0 atom stereocenters. The number of piperidine rings is 1. The fraction of sp³-hybridized carbons (Fsp3) is 0.625. The number of carbonyl (C=O) groups is 1. The van der Waals surface area contributed by atoms with Crippen LogP contribution in [0.15, 0.2) is 30.5 Å². The first-order chi connectivity index (χ1) is 15.2.